The minimum Gasteiger partial charge on any atom is -0.335 e. The van der Waals surface area contributed by atoms with Crippen LogP contribution in [0.4, 0.5) is 17.6 Å². The highest BCUT2D eigenvalue weighted by Crippen LogP contribution is 2.24. The molecular formula is C16H13F4NO. The molecule has 0 bridgehead atoms. The molecule has 1 amide bonds. The fourth-order valence-corrected chi connectivity index (χ4v) is 2.05. The van der Waals surface area contributed by atoms with Crippen LogP contribution in [0.15, 0.2) is 36.4 Å². The molecule has 0 aliphatic rings. The van der Waals surface area contributed by atoms with Gasteiger partial charge >= 0.3 is 0 Å². The van der Waals surface area contributed by atoms with Gasteiger partial charge in [-0.1, -0.05) is 30.3 Å². The third kappa shape index (κ3) is 2.81. The lowest BCUT2D eigenvalue weighted by Crippen LogP contribution is -2.30. The number of halogens is 4. The van der Waals surface area contributed by atoms with Crippen LogP contribution < -0.4 is 0 Å². The van der Waals surface area contributed by atoms with Crippen molar-refractivity contribution < 1.29 is 22.4 Å². The Kier molecular flexibility index (Phi) is 4.49. The summed E-state index contributed by atoms with van der Waals surface area (Å²) in [5.74, 6) is -8.18. The molecule has 1 atom stereocenters. The van der Waals surface area contributed by atoms with Crippen LogP contribution >= 0.6 is 0 Å². The molecule has 6 heteroatoms. The van der Waals surface area contributed by atoms with Crippen molar-refractivity contribution in [1.82, 2.24) is 4.90 Å². The van der Waals surface area contributed by atoms with Crippen LogP contribution in [0, 0.1) is 23.3 Å². The fourth-order valence-electron chi connectivity index (χ4n) is 2.05. The van der Waals surface area contributed by atoms with Crippen LogP contribution in [0.2, 0.25) is 0 Å². The number of rotatable bonds is 3. The van der Waals surface area contributed by atoms with Crippen LogP contribution in [0.25, 0.3) is 0 Å². The molecule has 0 aliphatic carbocycles. The van der Waals surface area contributed by atoms with Gasteiger partial charge in [-0.05, 0) is 18.6 Å². The summed E-state index contributed by atoms with van der Waals surface area (Å²) >= 11 is 0. The summed E-state index contributed by atoms with van der Waals surface area (Å²) in [6, 6.07) is 8.76. The molecule has 116 valence electrons. The smallest absolute Gasteiger partial charge is 0.257 e. The second kappa shape index (κ2) is 6.17. The highest BCUT2D eigenvalue weighted by atomic mass is 19.2. The van der Waals surface area contributed by atoms with Gasteiger partial charge in [0.05, 0.1) is 11.6 Å². The van der Waals surface area contributed by atoms with Gasteiger partial charge in [-0.2, -0.15) is 0 Å². The third-order valence-electron chi connectivity index (χ3n) is 3.52. The topological polar surface area (TPSA) is 20.3 Å². The fraction of sp³-hybridized carbons (Fsp3) is 0.188. The first kappa shape index (κ1) is 16.0. The zero-order chi connectivity index (χ0) is 16.4. The van der Waals surface area contributed by atoms with Gasteiger partial charge < -0.3 is 4.90 Å². The number of nitrogens with zero attached hydrogens (tertiary/aromatic N) is 1. The molecule has 0 radical (unpaired) electrons. The van der Waals surface area contributed by atoms with Crippen molar-refractivity contribution in [1.29, 1.82) is 0 Å². The van der Waals surface area contributed by atoms with Gasteiger partial charge in [0.1, 0.15) is 0 Å². The number of hydrogen-bond donors (Lipinski definition) is 0. The Hall–Kier alpha value is -2.37. The predicted octanol–water partition coefficient (Wildman–Crippen LogP) is 4.08. The summed E-state index contributed by atoms with van der Waals surface area (Å²) in [6.45, 7) is 1.68. The van der Waals surface area contributed by atoms with E-state index in [1.54, 1.807) is 37.3 Å². The van der Waals surface area contributed by atoms with E-state index in [4.69, 9.17) is 0 Å². The van der Waals surface area contributed by atoms with Crippen molar-refractivity contribution in [2.45, 2.75) is 13.0 Å². The Morgan fingerprint density at radius 1 is 1.00 bits per heavy atom. The van der Waals surface area contributed by atoms with E-state index in [0.717, 1.165) is 10.5 Å². The lowest BCUT2D eigenvalue weighted by atomic mass is 10.1. The second-order valence-corrected chi connectivity index (χ2v) is 4.85. The maximum atomic E-state index is 13.7. The average Bonchev–Trinajstić information content (AvgIpc) is 2.55. The number of carbonyl (C=O) groups is 1. The van der Waals surface area contributed by atoms with Gasteiger partial charge in [0, 0.05) is 7.05 Å². The van der Waals surface area contributed by atoms with Crippen LogP contribution in [0.5, 0.6) is 0 Å². The standard InChI is InChI=1S/C16H13F4NO/c1-9(10-6-4-3-5-7-10)21(2)16(22)11-8-12(17)14(19)15(20)13(11)18/h3-9H,1-2H3. The van der Waals surface area contributed by atoms with E-state index in [-0.39, 0.29) is 0 Å². The van der Waals surface area contributed by atoms with Gasteiger partial charge in [-0.15, -0.1) is 0 Å². The van der Waals surface area contributed by atoms with Gasteiger partial charge in [0.15, 0.2) is 23.3 Å². The quantitative estimate of drug-likeness (QED) is 0.475. The summed E-state index contributed by atoms with van der Waals surface area (Å²) in [6.07, 6.45) is 0. The molecule has 2 rings (SSSR count). The number of benzene rings is 2. The Balaban J connectivity index is 2.36. The first-order valence-electron chi connectivity index (χ1n) is 6.49. The zero-order valence-corrected chi connectivity index (χ0v) is 11.9. The predicted molar refractivity (Wildman–Crippen MR) is 73.2 cm³/mol. The Bertz CT molecular complexity index is 703. The molecule has 0 aromatic heterocycles. The molecule has 0 N–H and O–H groups in total. The molecule has 0 saturated heterocycles. The minimum atomic E-state index is -2.00. The number of carbonyl (C=O) groups excluding carboxylic acids is 1. The van der Waals surface area contributed by atoms with E-state index < -0.39 is 40.8 Å². The van der Waals surface area contributed by atoms with Crippen LogP contribution in [-0.4, -0.2) is 17.9 Å². The van der Waals surface area contributed by atoms with Gasteiger partial charge in [-0.3, -0.25) is 4.79 Å². The van der Waals surface area contributed by atoms with Crippen molar-refractivity contribution in [3.05, 3.63) is 70.8 Å². The second-order valence-electron chi connectivity index (χ2n) is 4.85. The molecule has 1 unspecified atom stereocenters. The minimum absolute atomic E-state index is 0.365. The molecular weight excluding hydrogens is 298 g/mol. The lowest BCUT2D eigenvalue weighted by molar-refractivity contribution is 0.0735. The van der Waals surface area contributed by atoms with Crippen molar-refractivity contribution in [3.8, 4) is 0 Å². The molecule has 0 saturated carbocycles. The highest BCUT2D eigenvalue weighted by Gasteiger charge is 2.27. The summed E-state index contributed by atoms with van der Waals surface area (Å²) in [4.78, 5) is 13.4. The highest BCUT2D eigenvalue weighted by molar-refractivity contribution is 5.94. The lowest BCUT2D eigenvalue weighted by Gasteiger charge is -2.25. The van der Waals surface area contributed by atoms with E-state index in [2.05, 4.69) is 0 Å². The van der Waals surface area contributed by atoms with E-state index in [0.29, 0.717) is 6.07 Å². The third-order valence-corrected chi connectivity index (χ3v) is 3.52. The van der Waals surface area contributed by atoms with Gasteiger partial charge in [0.2, 0.25) is 0 Å². The Labute approximate surface area is 125 Å². The Morgan fingerprint density at radius 3 is 2.18 bits per heavy atom. The molecule has 22 heavy (non-hydrogen) atoms. The average molecular weight is 311 g/mol. The van der Waals surface area contributed by atoms with Crippen LogP contribution in [-0.2, 0) is 0 Å². The van der Waals surface area contributed by atoms with Gasteiger partial charge in [0.25, 0.3) is 5.91 Å². The molecule has 2 nitrogen and oxygen atoms in total. The van der Waals surface area contributed by atoms with E-state index in [1.807, 2.05) is 0 Å². The molecule has 2 aromatic carbocycles. The summed E-state index contributed by atoms with van der Waals surface area (Å²) in [7, 11) is 1.37. The first-order valence-corrected chi connectivity index (χ1v) is 6.49. The van der Waals surface area contributed by atoms with Crippen molar-refractivity contribution >= 4 is 5.91 Å². The zero-order valence-electron chi connectivity index (χ0n) is 11.9. The largest absolute Gasteiger partial charge is 0.335 e. The van der Waals surface area contributed by atoms with E-state index in [1.165, 1.54) is 7.05 Å². The van der Waals surface area contributed by atoms with E-state index >= 15 is 0 Å². The number of amides is 1. The molecule has 2 aromatic rings. The van der Waals surface area contributed by atoms with Gasteiger partial charge in [-0.25, -0.2) is 17.6 Å². The SMILES string of the molecule is CC(c1ccccc1)N(C)C(=O)c1cc(F)c(F)c(F)c1F. The van der Waals surface area contributed by atoms with E-state index in [9.17, 15) is 22.4 Å². The molecule has 0 fully saturated rings. The molecule has 0 aliphatic heterocycles. The van der Waals surface area contributed by atoms with Crippen molar-refractivity contribution in [2.75, 3.05) is 7.05 Å². The normalized spacial score (nSPS) is 12.1. The molecule has 0 heterocycles. The number of hydrogen-bond acceptors (Lipinski definition) is 1. The maximum absolute atomic E-state index is 13.7. The van der Waals surface area contributed by atoms with Crippen LogP contribution in [0.3, 0.4) is 0 Å². The summed E-state index contributed by atoms with van der Waals surface area (Å²) in [5, 5.41) is 0. The van der Waals surface area contributed by atoms with Crippen molar-refractivity contribution in [2.24, 2.45) is 0 Å². The Morgan fingerprint density at radius 2 is 1.59 bits per heavy atom. The summed E-state index contributed by atoms with van der Waals surface area (Å²) in [5.41, 5.74) is -0.0801. The van der Waals surface area contributed by atoms with Crippen LogP contribution in [0.1, 0.15) is 28.9 Å². The summed E-state index contributed by atoms with van der Waals surface area (Å²) < 4.78 is 53.1. The molecule has 0 spiro atoms. The first-order chi connectivity index (χ1) is 10.3. The van der Waals surface area contributed by atoms with Crippen molar-refractivity contribution in [3.63, 3.8) is 0 Å². The monoisotopic (exact) mass is 311 g/mol. The maximum Gasteiger partial charge on any atom is 0.257 e.